The van der Waals surface area contributed by atoms with Crippen LogP contribution in [0.3, 0.4) is 0 Å². The van der Waals surface area contributed by atoms with Crippen LogP contribution in [0.4, 0.5) is 0 Å². The second-order valence-electron chi connectivity index (χ2n) is 4.94. The SMILES string of the molecule is Cc1cccc2c1C=C(C(=O)NC=NN)C(C)CC2. The lowest BCUT2D eigenvalue weighted by atomic mass is 9.96. The Morgan fingerprint density at radius 2 is 2.32 bits per heavy atom. The van der Waals surface area contributed by atoms with Crippen molar-refractivity contribution in [3.05, 3.63) is 40.5 Å². The number of rotatable bonds is 2. The number of fused-ring (bicyclic) bond motifs is 1. The van der Waals surface area contributed by atoms with E-state index in [0.29, 0.717) is 0 Å². The van der Waals surface area contributed by atoms with Crippen molar-refractivity contribution in [2.24, 2.45) is 16.9 Å². The van der Waals surface area contributed by atoms with Gasteiger partial charge in [-0.05, 0) is 48.4 Å². The van der Waals surface area contributed by atoms with Gasteiger partial charge in [-0.25, -0.2) is 0 Å². The Morgan fingerprint density at radius 1 is 1.53 bits per heavy atom. The molecule has 1 aromatic carbocycles. The Balaban J connectivity index is 2.41. The largest absolute Gasteiger partial charge is 0.322 e. The number of carbonyl (C=O) groups is 1. The molecule has 1 aromatic rings. The van der Waals surface area contributed by atoms with E-state index in [9.17, 15) is 4.79 Å². The van der Waals surface area contributed by atoms with Crippen molar-refractivity contribution >= 4 is 18.3 Å². The number of amides is 1. The van der Waals surface area contributed by atoms with Gasteiger partial charge in [0.1, 0.15) is 6.34 Å². The van der Waals surface area contributed by atoms with Crippen LogP contribution in [-0.2, 0) is 11.2 Å². The number of benzene rings is 1. The minimum absolute atomic E-state index is 0.127. The molecule has 100 valence electrons. The summed E-state index contributed by atoms with van der Waals surface area (Å²) >= 11 is 0. The first-order chi connectivity index (χ1) is 9.13. The van der Waals surface area contributed by atoms with Crippen LogP contribution in [0, 0.1) is 12.8 Å². The van der Waals surface area contributed by atoms with E-state index in [0.717, 1.165) is 18.4 Å². The van der Waals surface area contributed by atoms with E-state index in [1.807, 2.05) is 6.08 Å². The number of carbonyl (C=O) groups excluding carboxylic acids is 1. The molecule has 0 radical (unpaired) electrons. The Kier molecular flexibility index (Phi) is 4.00. The summed E-state index contributed by atoms with van der Waals surface area (Å²) in [4.78, 5) is 12.1. The summed E-state index contributed by atoms with van der Waals surface area (Å²) in [5, 5.41) is 5.88. The third-order valence-corrected chi connectivity index (χ3v) is 3.62. The maximum Gasteiger partial charge on any atom is 0.252 e. The van der Waals surface area contributed by atoms with Crippen molar-refractivity contribution in [3.63, 3.8) is 0 Å². The summed E-state index contributed by atoms with van der Waals surface area (Å²) < 4.78 is 0. The zero-order chi connectivity index (χ0) is 13.8. The molecule has 0 bridgehead atoms. The molecule has 0 saturated heterocycles. The Morgan fingerprint density at radius 3 is 3.05 bits per heavy atom. The van der Waals surface area contributed by atoms with Crippen LogP contribution in [0.25, 0.3) is 6.08 Å². The van der Waals surface area contributed by atoms with Gasteiger partial charge in [0.05, 0.1) is 0 Å². The van der Waals surface area contributed by atoms with Gasteiger partial charge in [-0.1, -0.05) is 25.1 Å². The molecule has 0 aliphatic heterocycles. The van der Waals surface area contributed by atoms with Gasteiger partial charge >= 0.3 is 0 Å². The summed E-state index contributed by atoms with van der Waals surface area (Å²) in [5.74, 6) is 5.10. The Hall–Kier alpha value is -2.10. The molecule has 1 atom stereocenters. The van der Waals surface area contributed by atoms with Crippen LogP contribution < -0.4 is 11.2 Å². The third-order valence-electron chi connectivity index (χ3n) is 3.62. The lowest BCUT2D eigenvalue weighted by Gasteiger charge is -2.11. The van der Waals surface area contributed by atoms with Gasteiger partial charge in [-0.2, -0.15) is 5.10 Å². The van der Waals surface area contributed by atoms with Gasteiger partial charge < -0.3 is 11.2 Å². The fourth-order valence-electron chi connectivity index (χ4n) is 2.46. The predicted molar refractivity (Wildman–Crippen MR) is 77.5 cm³/mol. The van der Waals surface area contributed by atoms with E-state index < -0.39 is 0 Å². The maximum atomic E-state index is 12.1. The minimum Gasteiger partial charge on any atom is -0.322 e. The second kappa shape index (κ2) is 5.69. The van der Waals surface area contributed by atoms with Crippen molar-refractivity contribution in [2.45, 2.75) is 26.7 Å². The first-order valence-corrected chi connectivity index (χ1v) is 6.46. The number of aryl methyl sites for hydroxylation is 2. The molecule has 19 heavy (non-hydrogen) atoms. The summed E-state index contributed by atoms with van der Waals surface area (Å²) in [6.07, 6.45) is 5.19. The Bertz CT molecular complexity index is 546. The molecular formula is C15H19N3O. The lowest BCUT2D eigenvalue weighted by Crippen LogP contribution is -2.26. The van der Waals surface area contributed by atoms with Crippen LogP contribution >= 0.6 is 0 Å². The molecule has 2 rings (SSSR count). The van der Waals surface area contributed by atoms with Gasteiger partial charge in [0, 0.05) is 5.57 Å². The molecule has 0 saturated carbocycles. The van der Waals surface area contributed by atoms with E-state index in [-0.39, 0.29) is 11.8 Å². The molecule has 0 spiro atoms. The zero-order valence-corrected chi connectivity index (χ0v) is 11.3. The molecule has 1 unspecified atom stereocenters. The van der Waals surface area contributed by atoms with Crippen LogP contribution in [-0.4, -0.2) is 12.2 Å². The minimum atomic E-state index is -0.127. The lowest BCUT2D eigenvalue weighted by molar-refractivity contribution is -0.116. The number of hydrogen-bond acceptors (Lipinski definition) is 3. The number of nitrogens with one attached hydrogen (secondary N) is 1. The molecule has 4 heteroatoms. The molecule has 0 fully saturated rings. The van der Waals surface area contributed by atoms with E-state index in [1.54, 1.807) is 0 Å². The molecule has 4 nitrogen and oxygen atoms in total. The summed E-state index contributed by atoms with van der Waals surface area (Å²) in [5.41, 5.74) is 4.46. The highest BCUT2D eigenvalue weighted by Gasteiger charge is 2.21. The number of nitrogens with two attached hydrogens (primary N) is 1. The number of hydrogen-bond donors (Lipinski definition) is 2. The topological polar surface area (TPSA) is 67.5 Å². The van der Waals surface area contributed by atoms with Crippen molar-refractivity contribution in [3.8, 4) is 0 Å². The monoisotopic (exact) mass is 257 g/mol. The molecule has 0 aromatic heterocycles. The standard InChI is InChI=1S/C15H19N3O/c1-10-4-3-5-12-7-6-11(2)14(8-13(10)12)15(19)17-9-18-16/h3-5,8-9,11H,6-7,16H2,1-2H3,(H,17,18,19). The highest BCUT2D eigenvalue weighted by Crippen LogP contribution is 2.29. The van der Waals surface area contributed by atoms with Gasteiger partial charge in [-0.3, -0.25) is 4.79 Å². The summed E-state index contributed by atoms with van der Waals surface area (Å²) in [7, 11) is 0. The van der Waals surface area contributed by atoms with Crippen LogP contribution in [0.5, 0.6) is 0 Å². The van der Waals surface area contributed by atoms with E-state index in [2.05, 4.69) is 42.5 Å². The average molecular weight is 257 g/mol. The fourth-order valence-corrected chi connectivity index (χ4v) is 2.46. The molecule has 1 aliphatic carbocycles. The average Bonchev–Trinajstić information content (AvgIpc) is 2.57. The van der Waals surface area contributed by atoms with Crippen molar-refractivity contribution in [1.29, 1.82) is 0 Å². The second-order valence-corrected chi connectivity index (χ2v) is 4.94. The highest BCUT2D eigenvalue weighted by molar-refractivity contribution is 6.03. The normalized spacial score (nSPS) is 18.6. The number of nitrogens with zero attached hydrogens (tertiary/aromatic N) is 1. The van der Waals surface area contributed by atoms with Crippen molar-refractivity contribution in [2.75, 3.05) is 0 Å². The Labute approximate surface area is 113 Å². The van der Waals surface area contributed by atoms with Gasteiger partial charge in [-0.15, -0.1) is 0 Å². The van der Waals surface area contributed by atoms with E-state index >= 15 is 0 Å². The molecule has 1 amide bonds. The molecule has 1 aliphatic rings. The van der Waals surface area contributed by atoms with Gasteiger partial charge in [0.25, 0.3) is 5.91 Å². The fraction of sp³-hybridized carbons (Fsp3) is 0.333. The van der Waals surface area contributed by atoms with E-state index in [4.69, 9.17) is 5.84 Å². The van der Waals surface area contributed by atoms with E-state index in [1.165, 1.54) is 23.0 Å². The van der Waals surface area contributed by atoms with Crippen LogP contribution in [0.2, 0.25) is 0 Å². The first kappa shape index (κ1) is 13.3. The number of hydrazone groups is 1. The summed E-state index contributed by atoms with van der Waals surface area (Å²) in [6, 6.07) is 6.27. The quantitative estimate of drug-likeness (QED) is 0.368. The van der Waals surface area contributed by atoms with Crippen LogP contribution in [0.1, 0.15) is 30.0 Å². The first-order valence-electron chi connectivity index (χ1n) is 6.46. The van der Waals surface area contributed by atoms with Crippen molar-refractivity contribution < 1.29 is 4.79 Å². The molecular weight excluding hydrogens is 238 g/mol. The molecule has 3 N–H and O–H groups in total. The van der Waals surface area contributed by atoms with Crippen molar-refractivity contribution in [1.82, 2.24) is 5.32 Å². The van der Waals surface area contributed by atoms with Crippen LogP contribution in [0.15, 0.2) is 28.9 Å². The maximum absolute atomic E-state index is 12.1. The van der Waals surface area contributed by atoms with Gasteiger partial charge in [0.2, 0.25) is 0 Å². The molecule has 0 heterocycles. The summed E-state index contributed by atoms with van der Waals surface area (Å²) in [6.45, 7) is 4.15. The van der Waals surface area contributed by atoms with Gasteiger partial charge in [0.15, 0.2) is 0 Å². The smallest absolute Gasteiger partial charge is 0.252 e. The third kappa shape index (κ3) is 2.84. The highest BCUT2D eigenvalue weighted by atomic mass is 16.1. The predicted octanol–water partition coefficient (Wildman–Crippen LogP) is 1.98. The zero-order valence-electron chi connectivity index (χ0n) is 11.3.